The van der Waals surface area contributed by atoms with Gasteiger partial charge in [0.1, 0.15) is 6.61 Å². The molecule has 1 aromatic heterocycles. The van der Waals surface area contributed by atoms with Gasteiger partial charge in [0.25, 0.3) is 0 Å². The summed E-state index contributed by atoms with van der Waals surface area (Å²) >= 11 is 0. The summed E-state index contributed by atoms with van der Waals surface area (Å²) in [5.41, 5.74) is 12.5. The molecule has 0 saturated carbocycles. The average Bonchev–Trinajstić information content (AvgIpc) is 2.19. The van der Waals surface area contributed by atoms with Crippen LogP contribution in [0.3, 0.4) is 0 Å². The summed E-state index contributed by atoms with van der Waals surface area (Å²) in [7, 11) is 0. The molecule has 0 aromatic carbocycles. The molecule has 0 aliphatic carbocycles. The molecule has 1 unspecified atom stereocenters. The van der Waals surface area contributed by atoms with Crippen molar-refractivity contribution in [3.05, 3.63) is 24.0 Å². The molecule has 0 aliphatic heterocycles. The number of ether oxygens (including phenoxy) is 1. The van der Waals surface area contributed by atoms with Gasteiger partial charge >= 0.3 is 6.18 Å². The van der Waals surface area contributed by atoms with Gasteiger partial charge in [0.05, 0.1) is 6.61 Å². The summed E-state index contributed by atoms with van der Waals surface area (Å²) in [5.74, 6) is 0. The topological polar surface area (TPSA) is 74.2 Å². The number of alkyl halides is 3. The molecule has 4 N–H and O–H groups in total. The monoisotopic (exact) mass is 249 g/mol. The van der Waals surface area contributed by atoms with Gasteiger partial charge in [0, 0.05) is 24.1 Å². The molecule has 1 aromatic rings. The number of hydrogen-bond donors (Lipinski definition) is 2. The Bertz CT molecular complexity index is 357. The molecule has 0 aliphatic rings. The van der Waals surface area contributed by atoms with E-state index < -0.39 is 18.8 Å². The Balaban J connectivity index is 2.35. The first-order valence-electron chi connectivity index (χ1n) is 4.97. The van der Waals surface area contributed by atoms with Crippen LogP contribution >= 0.6 is 0 Å². The molecule has 0 saturated heterocycles. The lowest BCUT2D eigenvalue weighted by Crippen LogP contribution is -2.31. The molecule has 17 heavy (non-hydrogen) atoms. The number of halogens is 3. The van der Waals surface area contributed by atoms with Crippen LogP contribution in [0.15, 0.2) is 18.5 Å². The molecular formula is C10H14F3N3O. The van der Waals surface area contributed by atoms with E-state index in [1.807, 2.05) is 0 Å². The number of anilines is 1. The van der Waals surface area contributed by atoms with Crippen molar-refractivity contribution >= 4 is 5.69 Å². The van der Waals surface area contributed by atoms with Crippen molar-refractivity contribution in [3.63, 3.8) is 0 Å². The molecule has 7 heteroatoms. The lowest BCUT2D eigenvalue weighted by Gasteiger charge is -2.14. The third-order valence-corrected chi connectivity index (χ3v) is 2.02. The number of nitrogen functional groups attached to an aromatic ring is 1. The van der Waals surface area contributed by atoms with E-state index in [1.165, 1.54) is 6.20 Å². The van der Waals surface area contributed by atoms with E-state index in [2.05, 4.69) is 9.72 Å². The number of nitrogens with zero attached hydrogens (tertiary/aromatic N) is 1. The fourth-order valence-corrected chi connectivity index (χ4v) is 1.28. The van der Waals surface area contributed by atoms with Gasteiger partial charge in [-0.05, 0) is 18.1 Å². The zero-order valence-corrected chi connectivity index (χ0v) is 9.07. The smallest absolute Gasteiger partial charge is 0.398 e. The Hall–Kier alpha value is -1.34. The number of nitrogens with two attached hydrogens (primary N) is 2. The van der Waals surface area contributed by atoms with Crippen LogP contribution in [0.1, 0.15) is 5.56 Å². The summed E-state index contributed by atoms with van der Waals surface area (Å²) in [4.78, 5) is 3.86. The van der Waals surface area contributed by atoms with Crippen LogP contribution in [0, 0.1) is 0 Å². The first-order valence-corrected chi connectivity index (χ1v) is 4.97. The fourth-order valence-electron chi connectivity index (χ4n) is 1.28. The second-order valence-electron chi connectivity index (χ2n) is 3.67. The normalized spacial score (nSPS) is 13.6. The highest BCUT2D eigenvalue weighted by atomic mass is 19.4. The van der Waals surface area contributed by atoms with Gasteiger partial charge in [0.15, 0.2) is 0 Å². The van der Waals surface area contributed by atoms with E-state index in [-0.39, 0.29) is 6.61 Å². The minimum atomic E-state index is -4.33. The number of pyridine rings is 1. The zero-order valence-electron chi connectivity index (χ0n) is 9.07. The maximum absolute atomic E-state index is 11.8. The first kappa shape index (κ1) is 13.7. The van der Waals surface area contributed by atoms with Crippen molar-refractivity contribution in [2.45, 2.75) is 18.6 Å². The van der Waals surface area contributed by atoms with E-state index in [0.29, 0.717) is 17.7 Å². The average molecular weight is 249 g/mol. The maximum atomic E-state index is 11.8. The largest absolute Gasteiger partial charge is 0.411 e. The van der Waals surface area contributed by atoms with Gasteiger partial charge < -0.3 is 16.2 Å². The highest BCUT2D eigenvalue weighted by Crippen LogP contribution is 2.15. The predicted molar refractivity (Wildman–Crippen MR) is 57.2 cm³/mol. The SMILES string of the molecule is Nc1ccncc1CC(N)COCC(F)(F)F. The van der Waals surface area contributed by atoms with Crippen molar-refractivity contribution in [2.24, 2.45) is 5.73 Å². The molecule has 1 atom stereocenters. The number of aromatic nitrogens is 1. The molecule has 96 valence electrons. The lowest BCUT2D eigenvalue weighted by atomic mass is 10.1. The van der Waals surface area contributed by atoms with Gasteiger partial charge in [-0.15, -0.1) is 0 Å². The van der Waals surface area contributed by atoms with Gasteiger partial charge in [0.2, 0.25) is 0 Å². The highest BCUT2D eigenvalue weighted by molar-refractivity contribution is 5.44. The maximum Gasteiger partial charge on any atom is 0.411 e. The van der Waals surface area contributed by atoms with Crippen molar-refractivity contribution in [2.75, 3.05) is 18.9 Å². The molecule has 0 radical (unpaired) electrons. The summed E-state index contributed by atoms with van der Waals surface area (Å²) in [6.45, 7) is -1.46. The van der Waals surface area contributed by atoms with Crippen LogP contribution in [-0.4, -0.2) is 30.4 Å². The minimum absolute atomic E-state index is 0.173. The molecule has 0 amide bonds. The summed E-state index contributed by atoms with van der Waals surface area (Å²) < 4.78 is 39.9. The third kappa shape index (κ3) is 5.50. The first-order chi connectivity index (χ1) is 7.88. The van der Waals surface area contributed by atoms with E-state index in [4.69, 9.17) is 11.5 Å². The van der Waals surface area contributed by atoms with Crippen LogP contribution in [0.2, 0.25) is 0 Å². The van der Waals surface area contributed by atoms with Gasteiger partial charge in [-0.25, -0.2) is 0 Å². The van der Waals surface area contributed by atoms with Crippen molar-refractivity contribution in [1.29, 1.82) is 0 Å². The Morgan fingerprint density at radius 3 is 2.71 bits per heavy atom. The van der Waals surface area contributed by atoms with E-state index >= 15 is 0 Å². The Kier molecular flexibility index (Phi) is 4.71. The fraction of sp³-hybridized carbons (Fsp3) is 0.500. The lowest BCUT2D eigenvalue weighted by molar-refractivity contribution is -0.174. The van der Waals surface area contributed by atoms with Crippen LogP contribution in [0.5, 0.6) is 0 Å². The Morgan fingerprint density at radius 2 is 2.12 bits per heavy atom. The van der Waals surface area contributed by atoms with Crippen molar-refractivity contribution in [3.8, 4) is 0 Å². The molecule has 4 nitrogen and oxygen atoms in total. The van der Waals surface area contributed by atoms with E-state index in [0.717, 1.165) is 0 Å². The minimum Gasteiger partial charge on any atom is -0.398 e. The standard InChI is InChI=1S/C10H14F3N3O/c11-10(12,13)6-17-5-8(14)3-7-4-16-2-1-9(7)15/h1-2,4,8H,3,5-6,14H2,(H2,15,16). The van der Waals surface area contributed by atoms with Gasteiger partial charge in [-0.3, -0.25) is 4.98 Å². The Morgan fingerprint density at radius 1 is 1.41 bits per heavy atom. The van der Waals surface area contributed by atoms with Crippen molar-refractivity contribution in [1.82, 2.24) is 4.98 Å². The van der Waals surface area contributed by atoms with E-state index in [9.17, 15) is 13.2 Å². The zero-order chi connectivity index (χ0) is 12.9. The summed E-state index contributed by atoms with van der Waals surface area (Å²) in [6.07, 6.45) is -0.923. The second kappa shape index (κ2) is 5.83. The molecular weight excluding hydrogens is 235 g/mol. The summed E-state index contributed by atoms with van der Waals surface area (Å²) in [5, 5.41) is 0. The van der Waals surface area contributed by atoms with Crippen molar-refractivity contribution < 1.29 is 17.9 Å². The van der Waals surface area contributed by atoms with Gasteiger partial charge in [-0.2, -0.15) is 13.2 Å². The number of hydrogen-bond acceptors (Lipinski definition) is 4. The van der Waals surface area contributed by atoms with Crippen LogP contribution in [0.4, 0.5) is 18.9 Å². The van der Waals surface area contributed by atoms with Gasteiger partial charge in [-0.1, -0.05) is 0 Å². The quantitative estimate of drug-likeness (QED) is 0.819. The molecule has 0 spiro atoms. The van der Waals surface area contributed by atoms with Crippen LogP contribution in [-0.2, 0) is 11.2 Å². The molecule has 0 bridgehead atoms. The Labute approximate surface area is 96.8 Å². The van der Waals surface area contributed by atoms with E-state index in [1.54, 1.807) is 12.3 Å². The molecule has 1 rings (SSSR count). The molecule has 0 fully saturated rings. The summed E-state index contributed by atoms with van der Waals surface area (Å²) in [6, 6.07) is 1.07. The van der Waals surface area contributed by atoms with Crippen LogP contribution < -0.4 is 11.5 Å². The number of rotatable bonds is 5. The predicted octanol–water partition coefficient (Wildman–Crippen LogP) is 1.11. The third-order valence-electron chi connectivity index (χ3n) is 2.02. The molecule has 1 heterocycles. The second-order valence-corrected chi connectivity index (χ2v) is 3.67. The van der Waals surface area contributed by atoms with Crippen LogP contribution in [0.25, 0.3) is 0 Å². The highest BCUT2D eigenvalue weighted by Gasteiger charge is 2.27.